The van der Waals surface area contributed by atoms with Crippen LogP contribution in [-0.4, -0.2) is 17.1 Å². The first kappa shape index (κ1) is 16.8. The minimum Gasteiger partial charge on any atom is -0.497 e. The number of aryl methyl sites for hydroxylation is 1. The summed E-state index contributed by atoms with van der Waals surface area (Å²) >= 11 is 0. The predicted molar refractivity (Wildman–Crippen MR) is 101 cm³/mol. The van der Waals surface area contributed by atoms with Gasteiger partial charge < -0.3 is 15.4 Å². The van der Waals surface area contributed by atoms with Crippen molar-refractivity contribution in [2.75, 3.05) is 17.7 Å². The lowest BCUT2D eigenvalue weighted by molar-refractivity contribution is 0.414. The highest BCUT2D eigenvalue weighted by Gasteiger charge is 2.03. The number of benzene rings is 2. The van der Waals surface area contributed by atoms with Crippen molar-refractivity contribution in [1.29, 1.82) is 0 Å². The van der Waals surface area contributed by atoms with Crippen molar-refractivity contribution < 1.29 is 4.74 Å². The molecule has 0 radical (unpaired) electrons. The fourth-order valence-corrected chi connectivity index (χ4v) is 2.55. The summed E-state index contributed by atoms with van der Waals surface area (Å²) in [6.07, 6.45) is 2.53. The Labute approximate surface area is 148 Å². The van der Waals surface area contributed by atoms with E-state index in [1.54, 1.807) is 13.4 Å². The average molecular weight is 334 g/mol. The van der Waals surface area contributed by atoms with Crippen molar-refractivity contribution in [3.63, 3.8) is 0 Å². The molecule has 0 aliphatic heterocycles. The highest BCUT2D eigenvalue weighted by Crippen LogP contribution is 2.21. The van der Waals surface area contributed by atoms with Gasteiger partial charge in [-0.1, -0.05) is 37.3 Å². The molecular weight excluding hydrogens is 312 g/mol. The molecular formula is C20H22N4O. The van der Waals surface area contributed by atoms with Gasteiger partial charge in [-0.3, -0.25) is 0 Å². The molecule has 2 N–H and O–H groups in total. The minimum atomic E-state index is 0.687. The van der Waals surface area contributed by atoms with E-state index in [1.807, 2.05) is 42.5 Å². The number of methoxy groups -OCH3 is 1. The number of rotatable bonds is 7. The zero-order valence-corrected chi connectivity index (χ0v) is 14.5. The van der Waals surface area contributed by atoms with Gasteiger partial charge in [-0.2, -0.15) is 0 Å². The SMILES string of the molecule is CCc1ccccc1Nc1cc(NCc2ccc(OC)cc2)ncn1. The van der Waals surface area contributed by atoms with Crippen LogP contribution in [0.3, 0.4) is 0 Å². The molecule has 25 heavy (non-hydrogen) atoms. The molecule has 2 aromatic carbocycles. The Bertz CT molecular complexity index is 818. The zero-order valence-electron chi connectivity index (χ0n) is 14.5. The van der Waals surface area contributed by atoms with Crippen LogP contribution in [-0.2, 0) is 13.0 Å². The molecule has 128 valence electrons. The standard InChI is InChI=1S/C20H22N4O/c1-3-16-6-4-5-7-18(16)24-20-12-19(22-14-23-20)21-13-15-8-10-17(25-2)11-9-15/h4-12,14H,3,13H2,1-2H3,(H2,21,22,23,24). The van der Waals surface area contributed by atoms with Crippen LogP contribution in [0.1, 0.15) is 18.1 Å². The monoisotopic (exact) mass is 334 g/mol. The fourth-order valence-electron chi connectivity index (χ4n) is 2.55. The number of nitrogens with one attached hydrogen (secondary N) is 2. The molecule has 0 bridgehead atoms. The highest BCUT2D eigenvalue weighted by molar-refractivity contribution is 5.62. The molecule has 5 heteroatoms. The Morgan fingerprint density at radius 3 is 2.48 bits per heavy atom. The topological polar surface area (TPSA) is 59.1 Å². The first-order valence-corrected chi connectivity index (χ1v) is 8.32. The summed E-state index contributed by atoms with van der Waals surface area (Å²) in [6.45, 7) is 2.83. The highest BCUT2D eigenvalue weighted by atomic mass is 16.5. The van der Waals surface area contributed by atoms with Crippen LogP contribution in [0.4, 0.5) is 17.3 Å². The molecule has 0 aliphatic rings. The number of nitrogens with zero attached hydrogens (tertiary/aromatic N) is 2. The van der Waals surface area contributed by atoms with E-state index in [0.717, 1.165) is 35.1 Å². The largest absolute Gasteiger partial charge is 0.497 e. The molecule has 0 saturated carbocycles. The van der Waals surface area contributed by atoms with Crippen molar-refractivity contribution in [2.24, 2.45) is 0 Å². The Morgan fingerprint density at radius 1 is 0.960 bits per heavy atom. The van der Waals surface area contributed by atoms with E-state index in [2.05, 4.69) is 39.7 Å². The van der Waals surface area contributed by atoms with E-state index in [-0.39, 0.29) is 0 Å². The van der Waals surface area contributed by atoms with Gasteiger partial charge in [-0.25, -0.2) is 9.97 Å². The average Bonchev–Trinajstić information content (AvgIpc) is 2.67. The molecule has 0 spiro atoms. The third kappa shape index (κ3) is 4.47. The number of hydrogen-bond acceptors (Lipinski definition) is 5. The van der Waals surface area contributed by atoms with Crippen LogP contribution in [0.2, 0.25) is 0 Å². The Morgan fingerprint density at radius 2 is 1.72 bits per heavy atom. The summed E-state index contributed by atoms with van der Waals surface area (Å²) in [4.78, 5) is 8.59. The van der Waals surface area contributed by atoms with Gasteiger partial charge in [0.05, 0.1) is 7.11 Å². The molecule has 1 heterocycles. The van der Waals surface area contributed by atoms with E-state index in [0.29, 0.717) is 6.54 Å². The Kier molecular flexibility index (Phi) is 5.46. The van der Waals surface area contributed by atoms with E-state index in [4.69, 9.17) is 4.74 Å². The lowest BCUT2D eigenvalue weighted by Crippen LogP contribution is -2.03. The maximum atomic E-state index is 5.17. The maximum Gasteiger partial charge on any atom is 0.135 e. The van der Waals surface area contributed by atoms with Gasteiger partial charge in [0.2, 0.25) is 0 Å². The molecule has 3 aromatic rings. The van der Waals surface area contributed by atoms with Gasteiger partial charge in [0.25, 0.3) is 0 Å². The normalized spacial score (nSPS) is 10.3. The Balaban J connectivity index is 1.66. The number of anilines is 3. The van der Waals surface area contributed by atoms with Gasteiger partial charge >= 0.3 is 0 Å². The summed E-state index contributed by atoms with van der Waals surface area (Å²) < 4.78 is 5.17. The van der Waals surface area contributed by atoms with Crippen LogP contribution in [0.5, 0.6) is 5.75 Å². The number of ether oxygens (including phenoxy) is 1. The first-order chi connectivity index (χ1) is 12.3. The smallest absolute Gasteiger partial charge is 0.135 e. The maximum absolute atomic E-state index is 5.17. The zero-order chi connectivity index (χ0) is 17.5. The molecule has 0 unspecified atom stereocenters. The van der Waals surface area contributed by atoms with Crippen LogP contribution in [0.15, 0.2) is 60.9 Å². The molecule has 0 fully saturated rings. The minimum absolute atomic E-state index is 0.687. The van der Waals surface area contributed by atoms with Gasteiger partial charge in [0, 0.05) is 18.3 Å². The van der Waals surface area contributed by atoms with Crippen molar-refractivity contribution >= 4 is 17.3 Å². The lowest BCUT2D eigenvalue weighted by Gasteiger charge is -2.11. The van der Waals surface area contributed by atoms with Crippen LogP contribution >= 0.6 is 0 Å². The van der Waals surface area contributed by atoms with Gasteiger partial charge in [-0.05, 0) is 35.7 Å². The molecule has 1 aromatic heterocycles. The summed E-state index contributed by atoms with van der Waals surface area (Å²) in [5, 5.41) is 6.69. The number of aromatic nitrogens is 2. The Hall–Kier alpha value is -3.08. The predicted octanol–water partition coefficient (Wildman–Crippen LogP) is 4.40. The molecule has 0 aliphatic carbocycles. The molecule has 0 saturated heterocycles. The second-order valence-corrected chi connectivity index (χ2v) is 5.63. The lowest BCUT2D eigenvalue weighted by atomic mass is 10.1. The van der Waals surface area contributed by atoms with Crippen LogP contribution in [0.25, 0.3) is 0 Å². The summed E-state index contributed by atoms with van der Waals surface area (Å²) in [6, 6.07) is 18.1. The van der Waals surface area contributed by atoms with Gasteiger partial charge in [0.1, 0.15) is 23.7 Å². The molecule has 5 nitrogen and oxygen atoms in total. The number of para-hydroxylation sites is 1. The molecule has 3 rings (SSSR count). The summed E-state index contributed by atoms with van der Waals surface area (Å²) in [5.74, 6) is 2.40. The van der Waals surface area contributed by atoms with Crippen molar-refractivity contribution in [2.45, 2.75) is 19.9 Å². The van der Waals surface area contributed by atoms with Gasteiger partial charge in [-0.15, -0.1) is 0 Å². The van der Waals surface area contributed by atoms with Crippen LogP contribution in [0, 0.1) is 0 Å². The van der Waals surface area contributed by atoms with E-state index in [1.165, 1.54) is 5.56 Å². The van der Waals surface area contributed by atoms with E-state index < -0.39 is 0 Å². The van der Waals surface area contributed by atoms with Crippen LogP contribution < -0.4 is 15.4 Å². The molecule has 0 atom stereocenters. The summed E-state index contributed by atoms with van der Waals surface area (Å²) in [5.41, 5.74) is 3.49. The second-order valence-electron chi connectivity index (χ2n) is 5.63. The quantitative estimate of drug-likeness (QED) is 0.670. The van der Waals surface area contributed by atoms with Crippen molar-refractivity contribution in [3.8, 4) is 5.75 Å². The molecule has 0 amide bonds. The van der Waals surface area contributed by atoms with Gasteiger partial charge in [0.15, 0.2) is 0 Å². The summed E-state index contributed by atoms with van der Waals surface area (Å²) in [7, 11) is 1.67. The third-order valence-electron chi connectivity index (χ3n) is 3.96. The third-order valence-corrected chi connectivity index (χ3v) is 3.96. The number of hydrogen-bond donors (Lipinski definition) is 2. The fraction of sp³-hybridized carbons (Fsp3) is 0.200. The first-order valence-electron chi connectivity index (χ1n) is 8.32. The van der Waals surface area contributed by atoms with E-state index in [9.17, 15) is 0 Å². The van der Waals surface area contributed by atoms with Crippen molar-refractivity contribution in [1.82, 2.24) is 9.97 Å². The van der Waals surface area contributed by atoms with Crippen molar-refractivity contribution in [3.05, 3.63) is 72.1 Å². The van der Waals surface area contributed by atoms with E-state index >= 15 is 0 Å². The second kappa shape index (κ2) is 8.15.